The van der Waals surface area contributed by atoms with E-state index in [9.17, 15) is 4.79 Å². The molecule has 1 saturated heterocycles. The first-order valence-electron chi connectivity index (χ1n) is 7.91. The van der Waals surface area contributed by atoms with Crippen molar-refractivity contribution in [2.24, 2.45) is 0 Å². The maximum absolute atomic E-state index is 11.9. The summed E-state index contributed by atoms with van der Waals surface area (Å²) in [6, 6.07) is 4.00. The Balaban J connectivity index is 1.42. The van der Waals surface area contributed by atoms with Crippen LogP contribution < -0.4 is 5.32 Å². The van der Waals surface area contributed by atoms with Gasteiger partial charge in [0, 0.05) is 43.4 Å². The summed E-state index contributed by atoms with van der Waals surface area (Å²) in [6.45, 7) is 1.98. The molecule has 0 radical (unpaired) electrons. The minimum atomic E-state index is 0.0947. The summed E-state index contributed by atoms with van der Waals surface area (Å²) in [5.74, 6) is 1.18. The van der Waals surface area contributed by atoms with Gasteiger partial charge in [-0.15, -0.1) is 0 Å². The van der Waals surface area contributed by atoms with Gasteiger partial charge < -0.3 is 14.7 Å². The average molecular weight is 315 g/mol. The van der Waals surface area contributed by atoms with Crippen LogP contribution in [0, 0.1) is 0 Å². The fourth-order valence-corrected chi connectivity index (χ4v) is 2.72. The van der Waals surface area contributed by atoms with Crippen molar-refractivity contribution in [2.45, 2.75) is 31.7 Å². The topological polar surface area (TPSA) is 84.2 Å². The number of nitrogens with one attached hydrogen (secondary N) is 1. The highest BCUT2D eigenvalue weighted by Gasteiger charge is 2.20. The van der Waals surface area contributed by atoms with E-state index in [4.69, 9.17) is 4.52 Å². The molecule has 2 aromatic heterocycles. The zero-order valence-corrected chi connectivity index (χ0v) is 13.2. The number of aryl methyl sites for hydroxylation is 1. The van der Waals surface area contributed by atoms with Crippen LogP contribution in [0.1, 0.15) is 25.2 Å². The molecule has 1 aliphatic heterocycles. The number of likely N-dealkylation sites (tertiary alicyclic amines) is 1. The molecule has 122 valence electrons. The van der Waals surface area contributed by atoms with E-state index in [1.165, 1.54) is 0 Å². The molecule has 1 N–H and O–H groups in total. The quantitative estimate of drug-likeness (QED) is 0.864. The minimum absolute atomic E-state index is 0.0947. The second-order valence-electron chi connectivity index (χ2n) is 5.92. The van der Waals surface area contributed by atoms with Crippen LogP contribution in [-0.2, 0) is 11.2 Å². The first-order valence-corrected chi connectivity index (χ1v) is 7.91. The molecule has 0 spiro atoms. The van der Waals surface area contributed by atoms with Crippen molar-refractivity contribution in [2.75, 3.05) is 20.1 Å². The third-order valence-corrected chi connectivity index (χ3v) is 3.94. The third kappa shape index (κ3) is 4.35. The number of amides is 1. The van der Waals surface area contributed by atoms with Gasteiger partial charge in [-0.1, -0.05) is 5.16 Å². The Morgan fingerprint density at radius 3 is 3.17 bits per heavy atom. The molecule has 1 atom stereocenters. The molecule has 0 unspecified atom stereocenters. The van der Waals surface area contributed by atoms with Crippen molar-refractivity contribution in [3.8, 4) is 11.4 Å². The Kier molecular flexibility index (Phi) is 4.97. The molecule has 1 amide bonds. The van der Waals surface area contributed by atoms with Gasteiger partial charge in [0.2, 0.25) is 17.6 Å². The van der Waals surface area contributed by atoms with Crippen LogP contribution in [0.4, 0.5) is 0 Å². The Morgan fingerprint density at radius 1 is 1.52 bits per heavy atom. The Hall–Kier alpha value is -2.28. The van der Waals surface area contributed by atoms with Gasteiger partial charge in [-0.3, -0.25) is 9.78 Å². The van der Waals surface area contributed by atoms with Gasteiger partial charge in [0.05, 0.1) is 0 Å². The van der Waals surface area contributed by atoms with Crippen LogP contribution in [0.5, 0.6) is 0 Å². The summed E-state index contributed by atoms with van der Waals surface area (Å²) in [5.41, 5.74) is 0.825. The van der Waals surface area contributed by atoms with Gasteiger partial charge in [-0.25, -0.2) is 0 Å². The highest BCUT2D eigenvalue weighted by atomic mass is 16.5. The van der Waals surface area contributed by atoms with Gasteiger partial charge in [0.1, 0.15) is 0 Å². The van der Waals surface area contributed by atoms with Crippen molar-refractivity contribution in [1.29, 1.82) is 0 Å². The molecule has 0 saturated carbocycles. The van der Waals surface area contributed by atoms with E-state index in [-0.39, 0.29) is 11.9 Å². The summed E-state index contributed by atoms with van der Waals surface area (Å²) >= 11 is 0. The van der Waals surface area contributed by atoms with Gasteiger partial charge in [-0.05, 0) is 38.6 Å². The second-order valence-corrected chi connectivity index (χ2v) is 5.92. The molecule has 1 aliphatic rings. The summed E-state index contributed by atoms with van der Waals surface area (Å²) in [4.78, 5) is 22.5. The average Bonchev–Trinajstić information content (AvgIpc) is 3.17. The second kappa shape index (κ2) is 7.32. The van der Waals surface area contributed by atoms with Crippen molar-refractivity contribution in [3.05, 3.63) is 30.4 Å². The molecule has 2 aromatic rings. The third-order valence-electron chi connectivity index (χ3n) is 3.94. The Morgan fingerprint density at radius 2 is 2.43 bits per heavy atom. The van der Waals surface area contributed by atoms with Gasteiger partial charge in [0.15, 0.2) is 0 Å². The Bertz CT molecular complexity index is 643. The smallest absolute Gasteiger partial charge is 0.226 e. The molecule has 23 heavy (non-hydrogen) atoms. The van der Waals surface area contributed by atoms with Crippen LogP contribution in [-0.4, -0.2) is 52.1 Å². The largest absolute Gasteiger partial charge is 0.352 e. The number of carbonyl (C=O) groups is 1. The number of hydrogen-bond donors (Lipinski definition) is 1. The zero-order chi connectivity index (χ0) is 16.1. The predicted molar refractivity (Wildman–Crippen MR) is 84.5 cm³/mol. The van der Waals surface area contributed by atoms with Crippen molar-refractivity contribution >= 4 is 5.91 Å². The van der Waals surface area contributed by atoms with E-state index in [2.05, 4.69) is 32.4 Å². The van der Waals surface area contributed by atoms with Crippen LogP contribution >= 0.6 is 0 Å². The lowest BCUT2D eigenvalue weighted by Crippen LogP contribution is -2.36. The van der Waals surface area contributed by atoms with Crippen LogP contribution in [0.15, 0.2) is 29.0 Å². The number of aromatic nitrogens is 3. The highest BCUT2D eigenvalue weighted by Crippen LogP contribution is 2.14. The Labute approximate surface area is 135 Å². The van der Waals surface area contributed by atoms with Gasteiger partial charge >= 0.3 is 0 Å². The summed E-state index contributed by atoms with van der Waals surface area (Å²) < 4.78 is 5.22. The lowest BCUT2D eigenvalue weighted by molar-refractivity contribution is -0.121. The zero-order valence-electron chi connectivity index (χ0n) is 13.2. The molecule has 7 heteroatoms. The van der Waals surface area contributed by atoms with Crippen LogP contribution in [0.2, 0.25) is 0 Å². The summed E-state index contributed by atoms with van der Waals surface area (Å²) in [5, 5.41) is 7.01. The van der Waals surface area contributed by atoms with E-state index in [0.29, 0.717) is 31.0 Å². The number of hydrogen-bond acceptors (Lipinski definition) is 6. The highest BCUT2D eigenvalue weighted by molar-refractivity contribution is 5.76. The molecule has 7 nitrogen and oxygen atoms in total. The van der Waals surface area contributed by atoms with E-state index >= 15 is 0 Å². The summed E-state index contributed by atoms with van der Waals surface area (Å²) in [6.07, 6.45) is 6.20. The predicted octanol–water partition coefficient (Wildman–Crippen LogP) is 1.27. The molecule has 0 aromatic carbocycles. The minimum Gasteiger partial charge on any atom is -0.352 e. The van der Waals surface area contributed by atoms with E-state index in [1.807, 2.05) is 12.1 Å². The number of pyridine rings is 1. The first kappa shape index (κ1) is 15.6. The molecular formula is C16H21N5O2. The first-order chi connectivity index (χ1) is 11.2. The van der Waals surface area contributed by atoms with Gasteiger partial charge in [-0.2, -0.15) is 4.98 Å². The fraction of sp³-hybridized carbons (Fsp3) is 0.500. The molecule has 1 fully saturated rings. The molecule has 3 heterocycles. The fourth-order valence-electron chi connectivity index (χ4n) is 2.72. The summed E-state index contributed by atoms with van der Waals surface area (Å²) in [7, 11) is 2.07. The lowest BCUT2D eigenvalue weighted by Gasteiger charge is -2.12. The number of rotatable bonds is 6. The molecule has 0 bridgehead atoms. The lowest BCUT2D eigenvalue weighted by atomic mass is 10.2. The maximum atomic E-state index is 11.9. The SMILES string of the molecule is CN1CC[C@H](NC(=O)CCCc2nc(-c3cccnc3)no2)C1. The normalized spacial score (nSPS) is 18.2. The van der Waals surface area contributed by atoms with Crippen LogP contribution in [0.25, 0.3) is 11.4 Å². The maximum Gasteiger partial charge on any atom is 0.226 e. The van der Waals surface area contributed by atoms with Gasteiger partial charge in [0.25, 0.3) is 0 Å². The van der Waals surface area contributed by atoms with E-state index in [0.717, 1.165) is 25.1 Å². The molecule has 0 aliphatic carbocycles. The molecular weight excluding hydrogens is 294 g/mol. The van der Waals surface area contributed by atoms with Crippen molar-refractivity contribution < 1.29 is 9.32 Å². The number of likely N-dealkylation sites (N-methyl/N-ethyl adjacent to an activating group) is 1. The van der Waals surface area contributed by atoms with Crippen LogP contribution in [0.3, 0.4) is 0 Å². The standard InChI is InChI=1S/C16H21N5O2/c1-21-9-7-13(11-21)18-14(22)5-2-6-15-19-16(20-23-15)12-4-3-8-17-10-12/h3-4,8,10,13H,2,5-7,9,11H2,1H3,(H,18,22)/t13-/m0/s1. The molecule has 3 rings (SSSR count). The monoisotopic (exact) mass is 315 g/mol. The number of nitrogens with zero attached hydrogens (tertiary/aromatic N) is 4. The number of carbonyl (C=O) groups excluding carboxylic acids is 1. The van der Waals surface area contributed by atoms with Crippen molar-refractivity contribution in [1.82, 2.24) is 25.3 Å². The van der Waals surface area contributed by atoms with E-state index < -0.39 is 0 Å². The van der Waals surface area contributed by atoms with Crippen molar-refractivity contribution in [3.63, 3.8) is 0 Å². The van der Waals surface area contributed by atoms with E-state index in [1.54, 1.807) is 12.4 Å².